The van der Waals surface area contributed by atoms with Crippen LogP contribution in [-0.2, 0) is 16.1 Å². The number of benzene rings is 1. The molecule has 2 rings (SSSR count). The van der Waals surface area contributed by atoms with Crippen molar-refractivity contribution in [2.24, 2.45) is 5.73 Å². The van der Waals surface area contributed by atoms with E-state index in [-0.39, 0.29) is 49.0 Å². The topological polar surface area (TPSA) is 67.6 Å². The lowest BCUT2D eigenvalue weighted by Gasteiger charge is -2.25. The van der Waals surface area contributed by atoms with Crippen LogP contribution in [0.1, 0.15) is 25.3 Å². The molecule has 1 aliphatic rings. The van der Waals surface area contributed by atoms with Crippen molar-refractivity contribution in [1.29, 1.82) is 0 Å². The first-order chi connectivity index (χ1) is 10.6. The summed E-state index contributed by atoms with van der Waals surface area (Å²) < 4.78 is 5.61. The zero-order valence-electron chi connectivity index (χ0n) is 14.3. The van der Waals surface area contributed by atoms with E-state index in [1.165, 1.54) is 5.56 Å². The summed E-state index contributed by atoms with van der Waals surface area (Å²) in [6, 6.07) is 10.6. The van der Waals surface area contributed by atoms with E-state index in [2.05, 4.69) is 36.3 Å². The monoisotopic (exact) mass is 377 g/mol. The maximum absolute atomic E-state index is 12.1. The van der Waals surface area contributed by atoms with E-state index in [9.17, 15) is 4.79 Å². The van der Waals surface area contributed by atoms with Gasteiger partial charge in [0.1, 0.15) is 6.10 Å². The van der Waals surface area contributed by atoms with Crippen LogP contribution in [-0.4, -0.2) is 49.2 Å². The molecule has 1 fully saturated rings. The van der Waals surface area contributed by atoms with Crippen LogP contribution in [0.4, 0.5) is 0 Å². The molecular weight excluding hydrogens is 349 g/mol. The zero-order chi connectivity index (χ0) is 15.9. The SMILES string of the molecule is CC(CNC(=O)[C@@H]1CC[C@H](CN)O1)N(C)Cc1ccccc1.Cl.Cl. The number of hydrogen-bond donors (Lipinski definition) is 2. The average molecular weight is 378 g/mol. The summed E-state index contributed by atoms with van der Waals surface area (Å²) in [6.07, 6.45) is 1.34. The molecule has 5 nitrogen and oxygen atoms in total. The highest BCUT2D eigenvalue weighted by molar-refractivity contribution is 5.85. The van der Waals surface area contributed by atoms with E-state index in [0.717, 1.165) is 19.4 Å². The zero-order valence-corrected chi connectivity index (χ0v) is 15.9. The third-order valence-corrected chi connectivity index (χ3v) is 4.26. The Balaban J connectivity index is 0.00000264. The van der Waals surface area contributed by atoms with Crippen LogP contribution < -0.4 is 11.1 Å². The van der Waals surface area contributed by atoms with Gasteiger partial charge >= 0.3 is 0 Å². The Morgan fingerprint density at radius 2 is 2.00 bits per heavy atom. The van der Waals surface area contributed by atoms with Crippen LogP contribution in [0.2, 0.25) is 0 Å². The second-order valence-corrected chi connectivity index (χ2v) is 6.05. The summed E-state index contributed by atoms with van der Waals surface area (Å²) in [4.78, 5) is 14.3. The van der Waals surface area contributed by atoms with Gasteiger partial charge in [0.2, 0.25) is 5.91 Å². The number of rotatable bonds is 7. The van der Waals surface area contributed by atoms with Gasteiger partial charge in [-0.1, -0.05) is 30.3 Å². The molecule has 1 aromatic carbocycles. The fraction of sp³-hybridized carbons (Fsp3) is 0.588. The number of nitrogens with two attached hydrogens (primary N) is 1. The minimum Gasteiger partial charge on any atom is -0.364 e. The maximum atomic E-state index is 12.1. The lowest BCUT2D eigenvalue weighted by Crippen LogP contribution is -2.43. The number of likely N-dealkylation sites (N-methyl/N-ethyl adjacent to an activating group) is 1. The quantitative estimate of drug-likeness (QED) is 0.761. The van der Waals surface area contributed by atoms with Crippen molar-refractivity contribution in [3.8, 4) is 0 Å². The number of ether oxygens (including phenoxy) is 1. The molecule has 1 aromatic rings. The second-order valence-electron chi connectivity index (χ2n) is 6.05. The summed E-state index contributed by atoms with van der Waals surface area (Å²) in [5.74, 6) is -0.0177. The number of carbonyl (C=O) groups is 1. The number of hydrogen-bond acceptors (Lipinski definition) is 4. The van der Waals surface area contributed by atoms with Crippen LogP contribution in [0, 0.1) is 0 Å². The molecule has 0 aliphatic carbocycles. The number of carbonyl (C=O) groups excluding carboxylic acids is 1. The van der Waals surface area contributed by atoms with Crippen molar-refractivity contribution in [1.82, 2.24) is 10.2 Å². The lowest BCUT2D eigenvalue weighted by atomic mass is 10.1. The summed E-state index contributed by atoms with van der Waals surface area (Å²) >= 11 is 0. The molecule has 1 heterocycles. The van der Waals surface area contributed by atoms with E-state index in [0.29, 0.717) is 13.1 Å². The molecule has 0 aromatic heterocycles. The third kappa shape index (κ3) is 6.95. The second kappa shape index (κ2) is 11.7. The van der Waals surface area contributed by atoms with Crippen molar-refractivity contribution in [2.75, 3.05) is 20.1 Å². The Morgan fingerprint density at radius 1 is 1.33 bits per heavy atom. The van der Waals surface area contributed by atoms with Gasteiger partial charge in [-0.2, -0.15) is 0 Å². The predicted molar refractivity (Wildman–Crippen MR) is 102 cm³/mol. The molecule has 24 heavy (non-hydrogen) atoms. The molecule has 1 aliphatic heterocycles. The van der Waals surface area contributed by atoms with Gasteiger partial charge in [0.25, 0.3) is 0 Å². The van der Waals surface area contributed by atoms with Gasteiger partial charge in [0.15, 0.2) is 0 Å². The minimum absolute atomic E-state index is 0. The fourth-order valence-corrected chi connectivity index (χ4v) is 2.62. The van der Waals surface area contributed by atoms with Crippen LogP contribution >= 0.6 is 24.8 Å². The molecule has 1 unspecified atom stereocenters. The molecule has 1 amide bonds. The lowest BCUT2D eigenvalue weighted by molar-refractivity contribution is -0.132. The van der Waals surface area contributed by atoms with Gasteiger partial charge in [-0.25, -0.2) is 0 Å². The van der Waals surface area contributed by atoms with Crippen LogP contribution in [0.3, 0.4) is 0 Å². The van der Waals surface area contributed by atoms with E-state index >= 15 is 0 Å². The highest BCUT2D eigenvalue weighted by Gasteiger charge is 2.29. The molecule has 138 valence electrons. The van der Waals surface area contributed by atoms with Crippen LogP contribution in [0.15, 0.2) is 30.3 Å². The van der Waals surface area contributed by atoms with Crippen molar-refractivity contribution in [3.05, 3.63) is 35.9 Å². The first-order valence-corrected chi connectivity index (χ1v) is 7.97. The molecule has 3 atom stereocenters. The van der Waals surface area contributed by atoms with Gasteiger partial charge in [-0.05, 0) is 32.4 Å². The van der Waals surface area contributed by atoms with Gasteiger partial charge in [0, 0.05) is 25.7 Å². The smallest absolute Gasteiger partial charge is 0.249 e. The van der Waals surface area contributed by atoms with Crippen molar-refractivity contribution in [3.63, 3.8) is 0 Å². The Kier molecular flexibility index (Phi) is 11.2. The molecule has 0 saturated carbocycles. The maximum Gasteiger partial charge on any atom is 0.249 e. The van der Waals surface area contributed by atoms with Crippen LogP contribution in [0.25, 0.3) is 0 Å². The molecule has 3 N–H and O–H groups in total. The summed E-state index contributed by atoms with van der Waals surface area (Å²) in [5, 5.41) is 2.99. The van der Waals surface area contributed by atoms with Crippen molar-refractivity contribution in [2.45, 2.75) is 44.6 Å². The molecule has 7 heteroatoms. The number of nitrogens with zero attached hydrogens (tertiary/aromatic N) is 1. The molecule has 0 radical (unpaired) electrons. The Bertz CT molecular complexity index is 476. The first-order valence-electron chi connectivity index (χ1n) is 7.97. The molecular formula is C17H29Cl2N3O2. The van der Waals surface area contributed by atoms with E-state index < -0.39 is 0 Å². The Hall–Kier alpha value is -0.850. The van der Waals surface area contributed by atoms with Gasteiger partial charge in [-0.15, -0.1) is 24.8 Å². The van der Waals surface area contributed by atoms with E-state index in [1.54, 1.807) is 0 Å². The fourth-order valence-electron chi connectivity index (χ4n) is 2.62. The molecule has 0 bridgehead atoms. The summed E-state index contributed by atoms with van der Waals surface area (Å²) in [7, 11) is 2.07. The predicted octanol–water partition coefficient (Wildman–Crippen LogP) is 1.97. The average Bonchev–Trinajstić information content (AvgIpc) is 3.02. The number of halogens is 2. The first kappa shape index (κ1) is 23.1. The van der Waals surface area contributed by atoms with Crippen molar-refractivity contribution >= 4 is 30.7 Å². The largest absolute Gasteiger partial charge is 0.364 e. The van der Waals surface area contributed by atoms with E-state index in [4.69, 9.17) is 10.5 Å². The summed E-state index contributed by atoms with van der Waals surface area (Å²) in [5.41, 5.74) is 6.84. The van der Waals surface area contributed by atoms with Gasteiger partial charge in [0.05, 0.1) is 6.10 Å². The third-order valence-electron chi connectivity index (χ3n) is 4.26. The van der Waals surface area contributed by atoms with Crippen LogP contribution in [0.5, 0.6) is 0 Å². The van der Waals surface area contributed by atoms with Gasteiger partial charge < -0.3 is 15.8 Å². The highest BCUT2D eigenvalue weighted by atomic mass is 35.5. The Morgan fingerprint density at radius 3 is 2.58 bits per heavy atom. The summed E-state index contributed by atoms with van der Waals surface area (Å²) in [6.45, 7) is 4.09. The van der Waals surface area contributed by atoms with Crippen molar-refractivity contribution < 1.29 is 9.53 Å². The highest BCUT2D eigenvalue weighted by Crippen LogP contribution is 2.18. The molecule has 1 saturated heterocycles. The normalized spacial score (nSPS) is 20.8. The minimum atomic E-state index is -0.333. The van der Waals surface area contributed by atoms with Gasteiger partial charge in [-0.3, -0.25) is 9.69 Å². The Labute approximate surface area is 157 Å². The number of nitrogens with one attached hydrogen (secondary N) is 1. The standard InChI is InChI=1S/C17H27N3O2.2ClH/c1-13(20(2)12-14-6-4-3-5-7-14)11-19-17(21)16-9-8-15(10-18)22-16;;/h3-7,13,15-16H,8-12,18H2,1-2H3,(H,19,21);2*1H/t13?,15-,16+;;/m1../s1. The van der Waals surface area contributed by atoms with E-state index in [1.807, 2.05) is 18.2 Å². The molecule has 0 spiro atoms. The number of amides is 1.